The van der Waals surface area contributed by atoms with Crippen LogP contribution in [0.3, 0.4) is 0 Å². The van der Waals surface area contributed by atoms with Crippen molar-refractivity contribution in [1.29, 1.82) is 0 Å². The fourth-order valence-electron chi connectivity index (χ4n) is 4.69. The zero-order valence-electron chi connectivity index (χ0n) is 19.0. The second kappa shape index (κ2) is 10.9. The van der Waals surface area contributed by atoms with Gasteiger partial charge in [-0.25, -0.2) is 4.39 Å². The van der Waals surface area contributed by atoms with Crippen molar-refractivity contribution >= 4 is 5.78 Å². The number of hydrogen-bond acceptors (Lipinski definition) is 2. The molecule has 0 amide bonds. The molecule has 1 aliphatic carbocycles. The number of Topliss-reactive ketones (excluding diaryl/α,β-unsaturated/α-hetero) is 1. The van der Waals surface area contributed by atoms with Gasteiger partial charge < -0.3 is 4.74 Å². The van der Waals surface area contributed by atoms with Crippen molar-refractivity contribution in [3.05, 3.63) is 83.7 Å². The molecule has 0 saturated heterocycles. The zero-order valence-corrected chi connectivity index (χ0v) is 19.0. The van der Waals surface area contributed by atoms with Crippen LogP contribution >= 0.6 is 0 Å². The number of ketones is 1. The van der Waals surface area contributed by atoms with Crippen molar-refractivity contribution in [1.82, 2.24) is 0 Å². The number of halogens is 1. The maximum Gasteiger partial charge on any atom is 0.163 e. The highest BCUT2D eigenvalue weighted by Gasteiger charge is 2.31. The Labute approximate surface area is 186 Å². The average Bonchev–Trinajstić information content (AvgIpc) is 2.76. The van der Waals surface area contributed by atoms with Gasteiger partial charge >= 0.3 is 0 Å². The van der Waals surface area contributed by atoms with Crippen LogP contribution < -0.4 is 0 Å². The minimum absolute atomic E-state index is 0.0746. The first kappa shape index (κ1) is 23.4. The van der Waals surface area contributed by atoms with Crippen LogP contribution in [0.15, 0.2) is 67.0 Å². The van der Waals surface area contributed by atoms with Crippen LogP contribution in [0.4, 0.5) is 4.39 Å². The molecule has 0 aliphatic heterocycles. The minimum Gasteiger partial charge on any atom is -0.373 e. The maximum atomic E-state index is 14.2. The second-order valence-corrected chi connectivity index (χ2v) is 9.41. The van der Waals surface area contributed by atoms with E-state index < -0.39 is 11.7 Å². The predicted molar refractivity (Wildman–Crippen MR) is 125 cm³/mol. The summed E-state index contributed by atoms with van der Waals surface area (Å²) in [4.78, 5) is 12.6. The van der Waals surface area contributed by atoms with E-state index in [2.05, 4.69) is 27.4 Å². The van der Waals surface area contributed by atoms with Gasteiger partial charge in [0.1, 0.15) is 5.83 Å². The number of allylic oxidation sites excluding steroid dienone is 1. The normalized spacial score (nSPS) is 22.3. The Morgan fingerprint density at radius 2 is 1.77 bits per heavy atom. The summed E-state index contributed by atoms with van der Waals surface area (Å²) < 4.78 is 20.5. The first-order chi connectivity index (χ1) is 14.8. The molecule has 4 atom stereocenters. The van der Waals surface area contributed by atoms with Crippen LogP contribution in [-0.4, -0.2) is 11.9 Å². The molecule has 0 heterocycles. The summed E-state index contributed by atoms with van der Waals surface area (Å²) in [7, 11) is 0. The quantitative estimate of drug-likeness (QED) is 0.391. The molecule has 0 aromatic heterocycles. The van der Waals surface area contributed by atoms with E-state index in [1.807, 2.05) is 42.5 Å². The number of carbonyl (C=O) groups is 1. The Morgan fingerprint density at radius 3 is 2.39 bits per heavy atom. The topological polar surface area (TPSA) is 26.3 Å². The van der Waals surface area contributed by atoms with Crippen LogP contribution in [0.1, 0.15) is 73.9 Å². The Hall–Kier alpha value is -2.26. The molecule has 3 heteroatoms. The lowest BCUT2D eigenvalue weighted by Crippen LogP contribution is -2.34. The number of carbonyl (C=O) groups excluding carboxylic acids is 1. The van der Waals surface area contributed by atoms with Gasteiger partial charge in [-0.2, -0.15) is 0 Å². The molecule has 1 aliphatic rings. The van der Waals surface area contributed by atoms with Crippen molar-refractivity contribution < 1.29 is 13.9 Å². The molecule has 2 aromatic rings. The lowest BCUT2D eigenvalue weighted by atomic mass is 9.75. The third kappa shape index (κ3) is 6.36. The lowest BCUT2D eigenvalue weighted by molar-refractivity contribution is -0.0472. The summed E-state index contributed by atoms with van der Waals surface area (Å²) in [5.41, 5.74) is 2.44. The number of rotatable bonds is 9. The second-order valence-electron chi connectivity index (χ2n) is 9.41. The molecule has 0 spiro atoms. The fraction of sp³-hybridized carbons (Fsp3) is 0.464. The molecule has 1 saturated carbocycles. The van der Waals surface area contributed by atoms with Crippen LogP contribution in [0.5, 0.6) is 0 Å². The van der Waals surface area contributed by atoms with Gasteiger partial charge in [0.2, 0.25) is 0 Å². The third-order valence-electron chi connectivity index (χ3n) is 6.67. The lowest BCUT2D eigenvalue weighted by Gasteiger charge is -2.37. The molecule has 1 fully saturated rings. The Morgan fingerprint density at radius 1 is 1.10 bits per heavy atom. The van der Waals surface area contributed by atoms with E-state index in [0.717, 1.165) is 17.5 Å². The van der Waals surface area contributed by atoms with Crippen molar-refractivity contribution in [2.45, 2.75) is 65.1 Å². The van der Waals surface area contributed by atoms with Gasteiger partial charge in [-0.3, -0.25) is 4.79 Å². The summed E-state index contributed by atoms with van der Waals surface area (Å²) in [5.74, 6) is 0.748. The van der Waals surface area contributed by atoms with E-state index in [-0.39, 0.29) is 12.2 Å². The zero-order chi connectivity index (χ0) is 22.4. The maximum absolute atomic E-state index is 14.2. The van der Waals surface area contributed by atoms with Crippen LogP contribution in [0.2, 0.25) is 0 Å². The molecule has 166 valence electrons. The Balaban J connectivity index is 1.63. The highest BCUT2D eigenvalue weighted by atomic mass is 19.1. The van der Waals surface area contributed by atoms with Crippen LogP contribution in [0, 0.1) is 17.8 Å². The summed E-state index contributed by atoms with van der Waals surface area (Å²) in [6.45, 7) is 10.9. The van der Waals surface area contributed by atoms with Crippen LogP contribution in [0.25, 0.3) is 0 Å². The standard InChI is InChI=1S/C28H35FO2/c1-19(2)25-15-10-20(3)16-28(25)31-18-22-11-13-23(14-12-22)26(21(4)29)17-27(30)24-8-6-5-7-9-24/h5-9,11-14,19-20,25-26,28H,4,10,15-18H2,1-3H3/t20-,25+,26?,28-/m1/s1. The molecular formula is C28H35FO2. The van der Waals surface area contributed by atoms with E-state index in [1.54, 1.807) is 12.1 Å². The molecule has 2 nitrogen and oxygen atoms in total. The molecule has 0 bridgehead atoms. The van der Waals surface area contributed by atoms with Gasteiger partial charge in [-0.15, -0.1) is 0 Å². The summed E-state index contributed by atoms with van der Waals surface area (Å²) in [6.07, 6.45) is 4.01. The van der Waals surface area contributed by atoms with E-state index >= 15 is 0 Å². The average molecular weight is 423 g/mol. The van der Waals surface area contributed by atoms with Gasteiger partial charge in [0.25, 0.3) is 0 Å². The highest BCUT2D eigenvalue weighted by Crippen LogP contribution is 2.36. The summed E-state index contributed by atoms with van der Waals surface area (Å²) >= 11 is 0. The van der Waals surface area contributed by atoms with Crippen LogP contribution in [-0.2, 0) is 11.3 Å². The summed E-state index contributed by atoms with van der Waals surface area (Å²) in [6, 6.07) is 16.8. The Bertz CT molecular complexity index is 856. The van der Waals surface area contributed by atoms with Gasteiger partial charge in [0, 0.05) is 17.9 Å². The fourth-order valence-corrected chi connectivity index (χ4v) is 4.69. The predicted octanol–water partition coefficient (Wildman–Crippen LogP) is 7.50. The van der Waals surface area contributed by atoms with Gasteiger partial charge in [-0.1, -0.05) is 88.4 Å². The highest BCUT2D eigenvalue weighted by molar-refractivity contribution is 5.96. The first-order valence-corrected chi connectivity index (χ1v) is 11.5. The van der Waals surface area contributed by atoms with Crippen molar-refractivity contribution in [2.75, 3.05) is 0 Å². The van der Waals surface area contributed by atoms with E-state index in [1.165, 1.54) is 12.8 Å². The number of benzene rings is 2. The van der Waals surface area contributed by atoms with Crippen molar-refractivity contribution in [3.63, 3.8) is 0 Å². The number of hydrogen-bond donors (Lipinski definition) is 0. The van der Waals surface area contributed by atoms with E-state index in [9.17, 15) is 9.18 Å². The molecule has 2 aromatic carbocycles. The molecule has 3 rings (SSSR count). The molecular weight excluding hydrogens is 387 g/mol. The SMILES string of the molecule is C=C(F)C(CC(=O)c1ccccc1)c1ccc(CO[C@@H]2C[C@H](C)CC[C@H]2C(C)C)cc1. The molecule has 31 heavy (non-hydrogen) atoms. The van der Waals surface area contributed by atoms with E-state index in [0.29, 0.717) is 36.0 Å². The molecule has 0 N–H and O–H groups in total. The minimum atomic E-state index is -0.632. The molecule has 1 unspecified atom stereocenters. The van der Waals surface area contributed by atoms with Gasteiger partial charge in [0.05, 0.1) is 12.7 Å². The monoisotopic (exact) mass is 422 g/mol. The van der Waals surface area contributed by atoms with E-state index in [4.69, 9.17) is 4.74 Å². The summed E-state index contributed by atoms with van der Waals surface area (Å²) in [5, 5.41) is 0. The van der Waals surface area contributed by atoms with Gasteiger partial charge in [-0.05, 0) is 41.7 Å². The first-order valence-electron chi connectivity index (χ1n) is 11.5. The van der Waals surface area contributed by atoms with Crippen molar-refractivity contribution in [2.24, 2.45) is 17.8 Å². The largest absolute Gasteiger partial charge is 0.373 e. The molecule has 0 radical (unpaired) electrons. The smallest absolute Gasteiger partial charge is 0.163 e. The van der Waals surface area contributed by atoms with Gasteiger partial charge in [0.15, 0.2) is 5.78 Å². The van der Waals surface area contributed by atoms with Crippen molar-refractivity contribution in [3.8, 4) is 0 Å². The number of ether oxygens (including phenoxy) is 1. The Kier molecular flexibility index (Phi) is 8.20. The third-order valence-corrected chi connectivity index (χ3v) is 6.67.